The lowest BCUT2D eigenvalue weighted by Gasteiger charge is -2.39. The molecule has 1 saturated carbocycles. The molecule has 0 bridgehead atoms. The summed E-state index contributed by atoms with van der Waals surface area (Å²) in [6.07, 6.45) is 5.36. The Hall–Kier alpha value is -1.18. The zero-order chi connectivity index (χ0) is 13.2. The number of nitrogens with zero attached hydrogens (tertiary/aromatic N) is 1. The molecule has 2 nitrogen and oxygen atoms in total. The van der Waals surface area contributed by atoms with Crippen molar-refractivity contribution in [2.45, 2.75) is 45.6 Å². The number of anilines is 2. The molecule has 1 aliphatic carbocycles. The van der Waals surface area contributed by atoms with Crippen molar-refractivity contribution in [2.24, 2.45) is 5.41 Å². The molecule has 1 aromatic carbocycles. The van der Waals surface area contributed by atoms with Crippen LogP contribution in [0.15, 0.2) is 24.3 Å². The molecule has 0 spiro atoms. The van der Waals surface area contributed by atoms with Crippen LogP contribution in [0.5, 0.6) is 0 Å². The van der Waals surface area contributed by atoms with E-state index in [2.05, 4.69) is 62.4 Å². The fourth-order valence-corrected chi connectivity index (χ4v) is 2.84. The van der Waals surface area contributed by atoms with E-state index in [9.17, 15) is 0 Å². The van der Waals surface area contributed by atoms with Crippen LogP contribution in [0.2, 0.25) is 0 Å². The SMILES string of the molecule is CN(C)c1cccc(NC2CCCCC2(C)C)c1. The summed E-state index contributed by atoms with van der Waals surface area (Å²) in [5.74, 6) is 0. The number of nitrogens with one attached hydrogen (secondary N) is 1. The third kappa shape index (κ3) is 2.98. The standard InChI is InChI=1S/C16H26N2/c1-16(2)11-6-5-10-15(16)17-13-8-7-9-14(12-13)18(3)4/h7-9,12,15,17H,5-6,10-11H2,1-4H3. The maximum Gasteiger partial charge on any atom is 0.0381 e. The van der Waals surface area contributed by atoms with Gasteiger partial charge in [-0.2, -0.15) is 0 Å². The lowest BCUT2D eigenvalue weighted by molar-refractivity contribution is 0.217. The minimum Gasteiger partial charge on any atom is -0.382 e. The van der Waals surface area contributed by atoms with Gasteiger partial charge >= 0.3 is 0 Å². The molecule has 1 aliphatic rings. The minimum absolute atomic E-state index is 0.409. The van der Waals surface area contributed by atoms with Crippen molar-refractivity contribution in [1.82, 2.24) is 0 Å². The second-order valence-corrected chi connectivity index (χ2v) is 6.38. The first-order valence-electron chi connectivity index (χ1n) is 7.03. The van der Waals surface area contributed by atoms with E-state index in [0.717, 1.165) is 0 Å². The van der Waals surface area contributed by atoms with E-state index < -0.39 is 0 Å². The predicted molar refractivity (Wildman–Crippen MR) is 80.4 cm³/mol. The summed E-state index contributed by atoms with van der Waals surface area (Å²) in [4.78, 5) is 2.15. The molecule has 1 N–H and O–H groups in total. The smallest absolute Gasteiger partial charge is 0.0381 e. The van der Waals surface area contributed by atoms with Crippen LogP contribution >= 0.6 is 0 Å². The van der Waals surface area contributed by atoms with Crippen LogP contribution < -0.4 is 10.2 Å². The van der Waals surface area contributed by atoms with E-state index in [1.165, 1.54) is 37.1 Å². The third-order valence-corrected chi connectivity index (χ3v) is 4.21. The fraction of sp³-hybridized carbons (Fsp3) is 0.625. The highest BCUT2D eigenvalue weighted by Crippen LogP contribution is 2.37. The Morgan fingerprint density at radius 3 is 2.67 bits per heavy atom. The molecule has 0 saturated heterocycles. The monoisotopic (exact) mass is 246 g/mol. The Morgan fingerprint density at radius 1 is 1.22 bits per heavy atom. The number of hydrogen-bond acceptors (Lipinski definition) is 2. The van der Waals surface area contributed by atoms with Gasteiger partial charge in [0.2, 0.25) is 0 Å². The molecule has 1 aromatic rings. The van der Waals surface area contributed by atoms with E-state index in [1.54, 1.807) is 0 Å². The Balaban J connectivity index is 2.11. The average Bonchev–Trinajstić information content (AvgIpc) is 2.32. The molecule has 2 rings (SSSR count). The normalized spacial score (nSPS) is 22.6. The van der Waals surface area contributed by atoms with E-state index in [1.807, 2.05) is 0 Å². The van der Waals surface area contributed by atoms with E-state index in [-0.39, 0.29) is 0 Å². The van der Waals surface area contributed by atoms with Gasteiger partial charge in [0.25, 0.3) is 0 Å². The van der Waals surface area contributed by atoms with Crippen molar-refractivity contribution in [3.8, 4) is 0 Å². The zero-order valence-corrected chi connectivity index (χ0v) is 12.2. The molecule has 0 radical (unpaired) electrons. The molecule has 18 heavy (non-hydrogen) atoms. The van der Waals surface area contributed by atoms with E-state index >= 15 is 0 Å². The lowest BCUT2D eigenvalue weighted by Crippen LogP contribution is -2.38. The van der Waals surface area contributed by atoms with Gasteiger partial charge in [0.05, 0.1) is 0 Å². The molecule has 2 heteroatoms. The molecule has 1 unspecified atom stereocenters. The highest BCUT2D eigenvalue weighted by Gasteiger charge is 2.31. The molecule has 100 valence electrons. The number of hydrogen-bond donors (Lipinski definition) is 1. The largest absolute Gasteiger partial charge is 0.382 e. The summed E-state index contributed by atoms with van der Waals surface area (Å²) in [6, 6.07) is 9.30. The Labute approximate surface area is 111 Å². The summed E-state index contributed by atoms with van der Waals surface area (Å²) in [7, 11) is 4.17. The topological polar surface area (TPSA) is 15.3 Å². The molecule has 0 aromatic heterocycles. The van der Waals surface area contributed by atoms with Crippen LogP contribution in [0.3, 0.4) is 0 Å². The van der Waals surface area contributed by atoms with Crippen molar-refractivity contribution in [3.63, 3.8) is 0 Å². The third-order valence-electron chi connectivity index (χ3n) is 4.21. The van der Waals surface area contributed by atoms with Crippen molar-refractivity contribution < 1.29 is 0 Å². The second kappa shape index (κ2) is 5.21. The highest BCUT2D eigenvalue weighted by molar-refractivity contribution is 5.57. The van der Waals surface area contributed by atoms with Crippen molar-refractivity contribution in [2.75, 3.05) is 24.3 Å². The number of benzene rings is 1. The molecule has 0 heterocycles. The first-order chi connectivity index (χ1) is 8.49. The minimum atomic E-state index is 0.409. The van der Waals surface area contributed by atoms with Gasteiger partial charge < -0.3 is 10.2 Å². The summed E-state index contributed by atoms with van der Waals surface area (Å²) >= 11 is 0. The molecular weight excluding hydrogens is 220 g/mol. The van der Waals surface area contributed by atoms with Crippen molar-refractivity contribution in [1.29, 1.82) is 0 Å². The molecule has 1 fully saturated rings. The summed E-state index contributed by atoms with van der Waals surface area (Å²) < 4.78 is 0. The van der Waals surface area contributed by atoms with E-state index in [4.69, 9.17) is 0 Å². The molecule has 0 aliphatic heterocycles. The van der Waals surface area contributed by atoms with Crippen molar-refractivity contribution >= 4 is 11.4 Å². The number of rotatable bonds is 3. The Bertz CT molecular complexity index is 396. The van der Waals surface area contributed by atoms with Crippen LogP contribution in [0, 0.1) is 5.41 Å². The average molecular weight is 246 g/mol. The molecule has 1 atom stereocenters. The predicted octanol–water partition coefficient (Wildman–Crippen LogP) is 4.13. The van der Waals surface area contributed by atoms with Crippen LogP contribution in [0.25, 0.3) is 0 Å². The lowest BCUT2D eigenvalue weighted by atomic mass is 9.73. The van der Waals surface area contributed by atoms with Crippen molar-refractivity contribution in [3.05, 3.63) is 24.3 Å². The first kappa shape index (κ1) is 13.3. The van der Waals surface area contributed by atoms with Gasteiger partial charge in [-0.15, -0.1) is 0 Å². The summed E-state index contributed by atoms with van der Waals surface area (Å²) in [6.45, 7) is 4.78. The molecular formula is C16H26N2. The molecule has 0 amide bonds. The first-order valence-corrected chi connectivity index (χ1v) is 7.03. The maximum atomic E-state index is 3.74. The van der Waals surface area contributed by atoms with Gasteiger partial charge in [-0.25, -0.2) is 0 Å². The van der Waals surface area contributed by atoms with E-state index in [0.29, 0.717) is 11.5 Å². The summed E-state index contributed by atoms with van der Waals surface area (Å²) in [5, 5.41) is 3.74. The van der Waals surface area contributed by atoms with Crippen LogP contribution in [-0.2, 0) is 0 Å². The zero-order valence-electron chi connectivity index (χ0n) is 12.2. The van der Waals surface area contributed by atoms with Crippen LogP contribution in [0.1, 0.15) is 39.5 Å². The van der Waals surface area contributed by atoms with Gasteiger partial charge in [-0.3, -0.25) is 0 Å². The maximum absolute atomic E-state index is 3.74. The second-order valence-electron chi connectivity index (χ2n) is 6.38. The van der Waals surface area contributed by atoms with Gasteiger partial charge in [0, 0.05) is 31.5 Å². The Kier molecular flexibility index (Phi) is 3.84. The Morgan fingerprint density at radius 2 is 2.00 bits per heavy atom. The van der Waals surface area contributed by atoms with Gasteiger partial charge in [-0.05, 0) is 36.5 Å². The van der Waals surface area contributed by atoms with Crippen LogP contribution in [-0.4, -0.2) is 20.1 Å². The highest BCUT2D eigenvalue weighted by atomic mass is 15.1. The van der Waals surface area contributed by atoms with Gasteiger partial charge in [-0.1, -0.05) is 32.8 Å². The van der Waals surface area contributed by atoms with Gasteiger partial charge in [0.1, 0.15) is 0 Å². The van der Waals surface area contributed by atoms with Gasteiger partial charge in [0.15, 0.2) is 0 Å². The quantitative estimate of drug-likeness (QED) is 0.862. The fourth-order valence-electron chi connectivity index (χ4n) is 2.84. The van der Waals surface area contributed by atoms with Crippen LogP contribution in [0.4, 0.5) is 11.4 Å². The summed E-state index contributed by atoms with van der Waals surface area (Å²) in [5.41, 5.74) is 2.92.